The van der Waals surface area contributed by atoms with Crippen LogP contribution in [0.5, 0.6) is 0 Å². The topological polar surface area (TPSA) is 29.9 Å². The molecule has 0 aliphatic carbocycles. The number of nitrogens with zero attached hydrogens (tertiary/aromatic N) is 2. The molecule has 0 saturated heterocycles. The second-order valence-electron chi connectivity index (χ2n) is 5.06. The van der Waals surface area contributed by atoms with Gasteiger partial charge in [-0.3, -0.25) is 4.68 Å². The van der Waals surface area contributed by atoms with Crippen molar-refractivity contribution in [1.82, 2.24) is 15.1 Å². The van der Waals surface area contributed by atoms with E-state index in [1.807, 2.05) is 4.68 Å². The molecule has 0 aromatic carbocycles. The van der Waals surface area contributed by atoms with E-state index in [0.717, 1.165) is 12.3 Å². The Bertz CT molecular complexity index is 313. The van der Waals surface area contributed by atoms with Gasteiger partial charge in [-0.15, -0.1) is 0 Å². The summed E-state index contributed by atoms with van der Waals surface area (Å²) in [5.41, 5.74) is 1.20. The summed E-state index contributed by atoms with van der Waals surface area (Å²) in [6, 6.07) is 3.14. The quantitative estimate of drug-likeness (QED) is 0.790. The average molecular weight is 237 g/mol. The van der Waals surface area contributed by atoms with Crippen LogP contribution in [-0.4, -0.2) is 22.9 Å². The predicted octanol–water partition coefficient (Wildman–Crippen LogP) is 3.03. The Labute approximate surface area is 106 Å². The minimum Gasteiger partial charge on any atom is -0.316 e. The third kappa shape index (κ3) is 3.84. The minimum absolute atomic E-state index is 0.449. The molecular weight excluding hydrogens is 210 g/mol. The summed E-state index contributed by atoms with van der Waals surface area (Å²) in [6.07, 6.45) is 5.57. The molecule has 0 aliphatic rings. The number of rotatable bonds is 7. The first-order valence-corrected chi connectivity index (χ1v) is 6.83. The number of aromatic nitrogens is 2. The van der Waals surface area contributed by atoms with Crippen LogP contribution in [0.2, 0.25) is 0 Å². The van der Waals surface area contributed by atoms with Gasteiger partial charge in [-0.25, -0.2) is 0 Å². The van der Waals surface area contributed by atoms with E-state index in [-0.39, 0.29) is 0 Å². The smallest absolute Gasteiger partial charge is 0.0640 e. The normalized spacial score (nSPS) is 13.6. The highest BCUT2D eigenvalue weighted by Gasteiger charge is 2.18. The van der Waals surface area contributed by atoms with Gasteiger partial charge in [0.1, 0.15) is 0 Å². The first-order chi connectivity index (χ1) is 8.12. The van der Waals surface area contributed by atoms with Crippen LogP contribution in [0.25, 0.3) is 0 Å². The lowest BCUT2D eigenvalue weighted by Crippen LogP contribution is -2.35. The van der Waals surface area contributed by atoms with Crippen molar-refractivity contribution < 1.29 is 0 Å². The monoisotopic (exact) mass is 237 g/mol. The van der Waals surface area contributed by atoms with Crippen LogP contribution in [0, 0.1) is 5.92 Å². The van der Waals surface area contributed by atoms with Gasteiger partial charge in [-0.1, -0.05) is 26.7 Å². The molecule has 0 saturated carbocycles. The molecule has 0 spiro atoms. The lowest BCUT2D eigenvalue weighted by molar-refractivity contribution is 0.345. The molecule has 1 rings (SSSR count). The molecule has 0 fully saturated rings. The number of likely N-dealkylation sites (N-methyl/N-ethyl adjacent to an activating group) is 1. The summed E-state index contributed by atoms with van der Waals surface area (Å²) >= 11 is 0. The van der Waals surface area contributed by atoms with Crippen molar-refractivity contribution in [2.45, 2.75) is 59.0 Å². The zero-order valence-corrected chi connectivity index (χ0v) is 11.9. The first kappa shape index (κ1) is 14.2. The maximum absolute atomic E-state index is 4.63. The maximum atomic E-state index is 4.63. The second kappa shape index (κ2) is 6.80. The fourth-order valence-corrected chi connectivity index (χ4v) is 2.36. The van der Waals surface area contributed by atoms with E-state index in [4.69, 9.17) is 0 Å². The number of hydrogen-bond donors (Lipinski definition) is 1. The van der Waals surface area contributed by atoms with Crippen molar-refractivity contribution in [3.8, 4) is 0 Å². The molecule has 0 radical (unpaired) electrons. The highest BCUT2D eigenvalue weighted by molar-refractivity contribution is 5.02. The number of nitrogens with one attached hydrogen (secondary N) is 1. The molecule has 0 amide bonds. The average Bonchev–Trinajstić information content (AvgIpc) is 2.78. The highest BCUT2D eigenvalue weighted by Crippen LogP contribution is 2.17. The molecule has 1 N–H and O–H groups in total. The van der Waals surface area contributed by atoms with Gasteiger partial charge < -0.3 is 5.32 Å². The largest absolute Gasteiger partial charge is 0.316 e. The Balaban J connectivity index is 2.66. The van der Waals surface area contributed by atoms with Crippen LogP contribution >= 0.6 is 0 Å². The van der Waals surface area contributed by atoms with Gasteiger partial charge in [0.25, 0.3) is 0 Å². The van der Waals surface area contributed by atoms with Crippen molar-refractivity contribution in [1.29, 1.82) is 0 Å². The summed E-state index contributed by atoms with van der Waals surface area (Å²) in [5, 5.41) is 8.07. The van der Waals surface area contributed by atoms with Crippen LogP contribution in [0.4, 0.5) is 0 Å². The predicted molar refractivity (Wildman–Crippen MR) is 73.2 cm³/mol. The molecule has 17 heavy (non-hydrogen) atoms. The molecule has 1 unspecified atom stereocenters. The van der Waals surface area contributed by atoms with E-state index >= 15 is 0 Å². The van der Waals surface area contributed by atoms with E-state index in [2.05, 4.69) is 57.4 Å². The van der Waals surface area contributed by atoms with Crippen molar-refractivity contribution in [2.75, 3.05) is 7.05 Å². The van der Waals surface area contributed by atoms with Crippen molar-refractivity contribution in [2.24, 2.45) is 5.92 Å². The van der Waals surface area contributed by atoms with Gasteiger partial charge in [0.2, 0.25) is 0 Å². The van der Waals surface area contributed by atoms with Crippen molar-refractivity contribution in [3.63, 3.8) is 0 Å². The van der Waals surface area contributed by atoms with Gasteiger partial charge in [0.15, 0.2) is 0 Å². The molecule has 3 heteroatoms. The Kier molecular flexibility index (Phi) is 5.69. The molecule has 0 bridgehead atoms. The van der Waals surface area contributed by atoms with Crippen LogP contribution < -0.4 is 5.32 Å². The molecule has 1 atom stereocenters. The molecule has 1 aromatic heterocycles. The Morgan fingerprint density at radius 1 is 1.29 bits per heavy atom. The van der Waals surface area contributed by atoms with E-state index in [1.165, 1.54) is 18.5 Å². The van der Waals surface area contributed by atoms with Gasteiger partial charge >= 0.3 is 0 Å². The van der Waals surface area contributed by atoms with E-state index in [9.17, 15) is 0 Å². The standard InChI is InChI=1S/C14H27N3/c1-6-12(7-2)14(15-5)10-13-8-9-17(16-13)11(3)4/h8-9,11-12,14-15H,6-7,10H2,1-5H3. The van der Waals surface area contributed by atoms with Crippen LogP contribution in [0.15, 0.2) is 12.3 Å². The molecule has 98 valence electrons. The molecule has 3 nitrogen and oxygen atoms in total. The summed E-state index contributed by atoms with van der Waals surface area (Å²) in [5.74, 6) is 0.740. The fourth-order valence-electron chi connectivity index (χ4n) is 2.36. The van der Waals surface area contributed by atoms with E-state index in [1.54, 1.807) is 0 Å². The summed E-state index contributed by atoms with van der Waals surface area (Å²) in [6.45, 7) is 8.86. The molecule has 1 heterocycles. The SMILES string of the molecule is CCC(CC)C(Cc1ccn(C(C)C)n1)NC. The molecular formula is C14H27N3. The summed E-state index contributed by atoms with van der Waals surface area (Å²) in [4.78, 5) is 0. The Morgan fingerprint density at radius 3 is 2.35 bits per heavy atom. The lowest BCUT2D eigenvalue weighted by Gasteiger charge is -2.24. The van der Waals surface area contributed by atoms with Gasteiger partial charge in [-0.05, 0) is 32.9 Å². The maximum Gasteiger partial charge on any atom is 0.0640 e. The van der Waals surface area contributed by atoms with Gasteiger partial charge in [-0.2, -0.15) is 5.10 Å². The lowest BCUT2D eigenvalue weighted by atomic mass is 9.91. The fraction of sp³-hybridized carbons (Fsp3) is 0.786. The Hall–Kier alpha value is -0.830. The second-order valence-corrected chi connectivity index (χ2v) is 5.06. The third-order valence-corrected chi connectivity index (χ3v) is 3.61. The van der Waals surface area contributed by atoms with Crippen LogP contribution in [-0.2, 0) is 6.42 Å². The first-order valence-electron chi connectivity index (χ1n) is 6.83. The van der Waals surface area contributed by atoms with Gasteiger partial charge in [0.05, 0.1) is 5.69 Å². The highest BCUT2D eigenvalue weighted by atomic mass is 15.3. The number of hydrogen-bond acceptors (Lipinski definition) is 2. The summed E-state index contributed by atoms with van der Waals surface area (Å²) < 4.78 is 2.04. The summed E-state index contributed by atoms with van der Waals surface area (Å²) in [7, 11) is 2.06. The van der Waals surface area contributed by atoms with E-state index in [0.29, 0.717) is 12.1 Å². The van der Waals surface area contributed by atoms with Crippen LogP contribution in [0.3, 0.4) is 0 Å². The van der Waals surface area contributed by atoms with Crippen molar-refractivity contribution in [3.05, 3.63) is 18.0 Å². The van der Waals surface area contributed by atoms with Crippen LogP contribution in [0.1, 0.15) is 52.3 Å². The zero-order chi connectivity index (χ0) is 12.8. The third-order valence-electron chi connectivity index (χ3n) is 3.61. The van der Waals surface area contributed by atoms with E-state index < -0.39 is 0 Å². The molecule has 1 aromatic rings. The molecule has 0 aliphatic heterocycles. The van der Waals surface area contributed by atoms with Gasteiger partial charge in [0, 0.05) is 24.7 Å². The van der Waals surface area contributed by atoms with Crippen molar-refractivity contribution >= 4 is 0 Å². The minimum atomic E-state index is 0.449. The zero-order valence-electron chi connectivity index (χ0n) is 11.9. The Morgan fingerprint density at radius 2 is 1.94 bits per heavy atom.